The fraction of sp³-hybridized carbons (Fsp3) is 0.818. The van der Waals surface area contributed by atoms with Crippen molar-refractivity contribution >= 4 is 12.1 Å². The van der Waals surface area contributed by atoms with E-state index < -0.39 is 29.8 Å². The molecule has 6 heteroatoms. The Morgan fingerprint density at radius 2 is 2.12 bits per heavy atom. The van der Waals surface area contributed by atoms with Crippen LogP contribution in [-0.2, 0) is 14.3 Å². The van der Waals surface area contributed by atoms with Crippen LogP contribution in [0.5, 0.6) is 0 Å². The third-order valence-electron chi connectivity index (χ3n) is 2.27. The molecule has 1 rings (SSSR count). The van der Waals surface area contributed by atoms with E-state index in [2.05, 4.69) is 5.32 Å². The molecular weight excluding hydrogens is 226 g/mol. The van der Waals surface area contributed by atoms with E-state index in [-0.39, 0.29) is 0 Å². The molecule has 2 N–H and O–H groups in total. The highest BCUT2D eigenvalue weighted by Crippen LogP contribution is 2.16. The van der Waals surface area contributed by atoms with Crippen molar-refractivity contribution in [3.8, 4) is 0 Å². The summed E-state index contributed by atoms with van der Waals surface area (Å²) in [4.78, 5) is 22.5. The zero-order valence-electron chi connectivity index (χ0n) is 10.4. The van der Waals surface area contributed by atoms with Crippen molar-refractivity contribution in [3.63, 3.8) is 0 Å². The molecule has 2 atom stereocenters. The van der Waals surface area contributed by atoms with Crippen LogP contribution >= 0.6 is 0 Å². The molecule has 1 aliphatic heterocycles. The Morgan fingerprint density at radius 1 is 1.47 bits per heavy atom. The minimum atomic E-state index is -1.11. The number of carbonyl (C=O) groups is 2. The van der Waals surface area contributed by atoms with E-state index in [0.29, 0.717) is 13.0 Å². The lowest BCUT2D eigenvalue weighted by atomic mass is 10.1. The second-order valence-electron chi connectivity index (χ2n) is 5.01. The summed E-state index contributed by atoms with van der Waals surface area (Å²) in [5, 5.41) is 11.4. The number of alkyl carbamates (subject to hydrolysis) is 1. The molecule has 0 saturated carbocycles. The Labute approximate surface area is 100 Å². The van der Waals surface area contributed by atoms with Crippen molar-refractivity contribution in [2.75, 3.05) is 6.61 Å². The summed E-state index contributed by atoms with van der Waals surface area (Å²) < 4.78 is 10.3. The van der Waals surface area contributed by atoms with Gasteiger partial charge in [0.05, 0.1) is 6.10 Å². The van der Waals surface area contributed by atoms with Crippen molar-refractivity contribution < 1.29 is 24.2 Å². The number of amides is 1. The van der Waals surface area contributed by atoms with Crippen molar-refractivity contribution in [2.24, 2.45) is 0 Å². The van der Waals surface area contributed by atoms with Gasteiger partial charge in [-0.2, -0.15) is 0 Å². The van der Waals surface area contributed by atoms with Crippen molar-refractivity contribution in [1.29, 1.82) is 0 Å². The molecule has 0 spiro atoms. The van der Waals surface area contributed by atoms with Gasteiger partial charge in [0.25, 0.3) is 0 Å². The van der Waals surface area contributed by atoms with Crippen LogP contribution in [-0.4, -0.2) is 41.5 Å². The molecule has 1 heterocycles. The summed E-state index contributed by atoms with van der Waals surface area (Å²) in [7, 11) is 0. The van der Waals surface area contributed by atoms with Crippen LogP contribution in [0.1, 0.15) is 33.6 Å². The molecule has 6 nitrogen and oxygen atoms in total. The molecule has 0 bridgehead atoms. The largest absolute Gasteiger partial charge is 0.480 e. The van der Waals surface area contributed by atoms with Gasteiger partial charge >= 0.3 is 12.1 Å². The molecule has 0 aliphatic carbocycles. The smallest absolute Gasteiger partial charge is 0.408 e. The van der Waals surface area contributed by atoms with E-state index in [9.17, 15) is 9.59 Å². The first-order chi connectivity index (χ1) is 7.79. The minimum Gasteiger partial charge on any atom is -0.480 e. The lowest BCUT2D eigenvalue weighted by Crippen LogP contribution is -2.49. The predicted octanol–water partition coefficient (Wildman–Crippen LogP) is 1.14. The van der Waals surface area contributed by atoms with Gasteiger partial charge in [-0.25, -0.2) is 9.59 Å². The summed E-state index contributed by atoms with van der Waals surface area (Å²) >= 11 is 0. The van der Waals surface area contributed by atoms with Crippen LogP contribution in [0, 0.1) is 0 Å². The van der Waals surface area contributed by atoms with E-state index >= 15 is 0 Å². The molecule has 0 radical (unpaired) electrons. The number of carbonyl (C=O) groups excluding carboxylic acids is 1. The van der Waals surface area contributed by atoms with Crippen LogP contribution in [0.4, 0.5) is 4.79 Å². The number of aliphatic carboxylic acids is 1. The summed E-state index contributed by atoms with van der Waals surface area (Å²) in [6, 6.07) is -1.05. The molecule has 1 amide bonds. The highest BCUT2D eigenvalue weighted by molar-refractivity contribution is 5.80. The summed E-state index contributed by atoms with van der Waals surface area (Å²) in [5.41, 5.74) is -0.649. The Balaban J connectivity index is 2.55. The molecule has 0 aromatic rings. The molecule has 98 valence electrons. The Morgan fingerprint density at radius 3 is 2.53 bits per heavy atom. The van der Waals surface area contributed by atoms with Gasteiger partial charge in [0, 0.05) is 6.61 Å². The average molecular weight is 245 g/mol. The molecule has 0 aromatic carbocycles. The number of ether oxygens (including phenoxy) is 2. The topological polar surface area (TPSA) is 84.9 Å². The first-order valence-electron chi connectivity index (χ1n) is 5.63. The maximum Gasteiger partial charge on any atom is 0.408 e. The zero-order chi connectivity index (χ0) is 13.1. The Bertz CT molecular complexity index is 291. The van der Waals surface area contributed by atoms with Gasteiger partial charge < -0.3 is 19.9 Å². The lowest BCUT2D eigenvalue weighted by Gasteiger charge is -2.24. The molecule has 1 fully saturated rings. The van der Waals surface area contributed by atoms with Crippen LogP contribution in [0.15, 0.2) is 0 Å². The van der Waals surface area contributed by atoms with Gasteiger partial charge in [-0.1, -0.05) is 0 Å². The van der Waals surface area contributed by atoms with Crippen molar-refractivity contribution in [1.82, 2.24) is 5.32 Å². The second kappa shape index (κ2) is 5.35. The number of nitrogens with one attached hydrogen (secondary N) is 1. The number of carboxylic acid groups (broad SMARTS) is 1. The van der Waals surface area contributed by atoms with Crippen molar-refractivity contribution in [2.45, 2.75) is 51.4 Å². The fourth-order valence-electron chi connectivity index (χ4n) is 1.61. The van der Waals surface area contributed by atoms with E-state index in [1.807, 2.05) is 0 Å². The molecule has 1 unspecified atom stereocenters. The standard InChI is InChI=1S/C11H19NO5/c1-11(2,3)17-10(15)12-8(9(13)14)7-5-4-6-16-7/h7-8H,4-6H2,1-3H3,(H,12,15)(H,13,14)/t7?,8-/m0/s1. The Hall–Kier alpha value is -1.30. The van der Waals surface area contributed by atoms with E-state index in [1.54, 1.807) is 20.8 Å². The third kappa shape index (κ3) is 4.60. The van der Waals surface area contributed by atoms with Crippen LogP contribution in [0.25, 0.3) is 0 Å². The monoisotopic (exact) mass is 245 g/mol. The lowest BCUT2D eigenvalue weighted by molar-refractivity contribution is -0.142. The van der Waals surface area contributed by atoms with Gasteiger partial charge in [-0.3, -0.25) is 0 Å². The van der Waals surface area contributed by atoms with Crippen LogP contribution < -0.4 is 5.32 Å². The average Bonchev–Trinajstić information content (AvgIpc) is 2.63. The summed E-state index contributed by atoms with van der Waals surface area (Å²) in [6.45, 7) is 5.68. The van der Waals surface area contributed by atoms with Gasteiger partial charge in [0.1, 0.15) is 5.60 Å². The summed E-state index contributed by atoms with van der Waals surface area (Å²) in [5.74, 6) is -1.11. The fourth-order valence-corrected chi connectivity index (χ4v) is 1.61. The second-order valence-corrected chi connectivity index (χ2v) is 5.01. The predicted molar refractivity (Wildman–Crippen MR) is 59.8 cm³/mol. The maximum absolute atomic E-state index is 11.5. The van der Waals surface area contributed by atoms with E-state index in [4.69, 9.17) is 14.6 Å². The number of hydrogen-bond donors (Lipinski definition) is 2. The molecule has 17 heavy (non-hydrogen) atoms. The van der Waals surface area contributed by atoms with Gasteiger partial charge in [0.2, 0.25) is 0 Å². The zero-order valence-corrected chi connectivity index (χ0v) is 10.4. The van der Waals surface area contributed by atoms with Crippen LogP contribution in [0.2, 0.25) is 0 Å². The third-order valence-corrected chi connectivity index (χ3v) is 2.27. The SMILES string of the molecule is CC(C)(C)OC(=O)N[C@H](C(=O)O)C1CCCO1. The van der Waals surface area contributed by atoms with Gasteiger partial charge in [-0.15, -0.1) is 0 Å². The number of rotatable bonds is 3. The minimum absolute atomic E-state index is 0.472. The van der Waals surface area contributed by atoms with Gasteiger partial charge in [-0.05, 0) is 33.6 Å². The van der Waals surface area contributed by atoms with E-state index in [0.717, 1.165) is 6.42 Å². The number of hydrogen-bond acceptors (Lipinski definition) is 4. The summed E-state index contributed by atoms with van der Waals surface area (Å²) in [6.07, 6.45) is 0.234. The normalized spacial score (nSPS) is 21.9. The molecule has 1 saturated heterocycles. The maximum atomic E-state index is 11.5. The first-order valence-corrected chi connectivity index (χ1v) is 5.63. The van der Waals surface area contributed by atoms with Gasteiger partial charge in [0.15, 0.2) is 6.04 Å². The van der Waals surface area contributed by atoms with Crippen LogP contribution in [0.3, 0.4) is 0 Å². The molecule has 1 aliphatic rings. The first kappa shape index (κ1) is 13.8. The highest BCUT2D eigenvalue weighted by atomic mass is 16.6. The Kier molecular flexibility index (Phi) is 4.34. The highest BCUT2D eigenvalue weighted by Gasteiger charge is 2.34. The van der Waals surface area contributed by atoms with Crippen molar-refractivity contribution in [3.05, 3.63) is 0 Å². The van der Waals surface area contributed by atoms with E-state index in [1.165, 1.54) is 0 Å². The quantitative estimate of drug-likeness (QED) is 0.779. The number of carboxylic acids is 1. The molecule has 0 aromatic heterocycles. The molecular formula is C11H19NO5.